The Morgan fingerprint density at radius 3 is 2.79 bits per heavy atom. The van der Waals surface area contributed by atoms with Crippen LogP contribution in [-0.2, 0) is 26.6 Å². The van der Waals surface area contributed by atoms with Crippen LogP contribution in [0.2, 0.25) is 0 Å². The van der Waals surface area contributed by atoms with Gasteiger partial charge in [-0.1, -0.05) is 18.2 Å². The Labute approximate surface area is 164 Å². The molecule has 2 aliphatic heterocycles. The highest BCUT2D eigenvalue weighted by molar-refractivity contribution is 6.05. The van der Waals surface area contributed by atoms with Gasteiger partial charge in [0.15, 0.2) is 0 Å². The third-order valence-corrected chi connectivity index (χ3v) is 6.05. The molecular formula is C22H25N5O. The van der Waals surface area contributed by atoms with Crippen molar-refractivity contribution in [2.24, 2.45) is 7.05 Å². The lowest BCUT2D eigenvalue weighted by Crippen LogP contribution is -2.37. The van der Waals surface area contributed by atoms with Crippen LogP contribution in [0.5, 0.6) is 0 Å². The van der Waals surface area contributed by atoms with Crippen molar-refractivity contribution in [2.45, 2.75) is 32.4 Å². The summed E-state index contributed by atoms with van der Waals surface area (Å²) in [4.78, 5) is 22.1. The summed E-state index contributed by atoms with van der Waals surface area (Å²) in [6, 6.07) is 9.72. The summed E-state index contributed by atoms with van der Waals surface area (Å²) in [5, 5.41) is 5.80. The van der Waals surface area contributed by atoms with Gasteiger partial charge in [-0.25, -0.2) is 0 Å². The van der Waals surface area contributed by atoms with Gasteiger partial charge >= 0.3 is 0 Å². The average molecular weight is 375 g/mol. The summed E-state index contributed by atoms with van der Waals surface area (Å²) in [6.07, 6.45) is 5.20. The van der Waals surface area contributed by atoms with Gasteiger partial charge in [-0.05, 0) is 44.5 Å². The third-order valence-electron chi connectivity index (χ3n) is 6.05. The number of carbonyl (C=O) groups excluding carboxylic acids is 1. The number of amides is 1. The van der Waals surface area contributed by atoms with Crippen molar-refractivity contribution in [3.63, 3.8) is 0 Å². The Balaban J connectivity index is 1.41. The molecule has 4 heterocycles. The number of hydrogen-bond acceptors (Lipinski definition) is 4. The highest BCUT2D eigenvalue weighted by atomic mass is 16.2. The average Bonchev–Trinajstić information content (AvgIpc) is 3.35. The zero-order chi connectivity index (χ0) is 19.1. The van der Waals surface area contributed by atoms with E-state index in [1.54, 1.807) is 6.20 Å². The quantitative estimate of drug-likeness (QED) is 0.706. The molecule has 2 aliphatic rings. The Kier molecular flexibility index (Phi) is 4.36. The minimum absolute atomic E-state index is 0.0530. The molecule has 0 atom stereocenters. The van der Waals surface area contributed by atoms with Crippen molar-refractivity contribution in [1.82, 2.24) is 24.6 Å². The van der Waals surface area contributed by atoms with E-state index in [2.05, 4.69) is 9.88 Å². The number of likely N-dealkylation sites (tertiary alicyclic amines) is 1. The number of benzene rings is 1. The van der Waals surface area contributed by atoms with Crippen molar-refractivity contribution < 1.29 is 4.79 Å². The van der Waals surface area contributed by atoms with Crippen molar-refractivity contribution in [3.05, 3.63) is 59.0 Å². The first-order chi connectivity index (χ1) is 13.7. The molecule has 3 aromatic rings. The number of nitrogens with zero attached hydrogens (tertiary/aromatic N) is 5. The lowest BCUT2D eigenvalue weighted by atomic mass is 10.0. The highest BCUT2D eigenvalue weighted by Crippen LogP contribution is 2.26. The molecule has 0 N–H and O–H groups in total. The molecule has 0 aliphatic carbocycles. The predicted molar refractivity (Wildman–Crippen MR) is 108 cm³/mol. The molecule has 0 radical (unpaired) electrons. The van der Waals surface area contributed by atoms with Gasteiger partial charge in [-0.15, -0.1) is 0 Å². The fourth-order valence-corrected chi connectivity index (χ4v) is 4.56. The van der Waals surface area contributed by atoms with Crippen LogP contribution in [0.3, 0.4) is 0 Å². The van der Waals surface area contributed by atoms with E-state index in [4.69, 9.17) is 5.10 Å². The molecule has 2 aromatic heterocycles. The van der Waals surface area contributed by atoms with Crippen LogP contribution in [0.4, 0.5) is 0 Å². The monoisotopic (exact) mass is 375 g/mol. The maximum absolute atomic E-state index is 13.3. The second kappa shape index (κ2) is 7.02. The minimum atomic E-state index is 0.0530. The maximum Gasteiger partial charge on any atom is 0.256 e. The molecule has 28 heavy (non-hydrogen) atoms. The first-order valence-corrected chi connectivity index (χ1v) is 10.1. The van der Waals surface area contributed by atoms with Crippen LogP contribution < -0.4 is 0 Å². The lowest BCUT2D eigenvalue weighted by molar-refractivity contribution is 0.0732. The van der Waals surface area contributed by atoms with Gasteiger partial charge in [0, 0.05) is 37.3 Å². The Bertz CT molecular complexity index is 1030. The zero-order valence-electron chi connectivity index (χ0n) is 16.3. The number of para-hydroxylation sites is 1. The van der Waals surface area contributed by atoms with Gasteiger partial charge in [0.1, 0.15) is 0 Å². The van der Waals surface area contributed by atoms with E-state index in [9.17, 15) is 4.79 Å². The van der Waals surface area contributed by atoms with E-state index in [1.807, 2.05) is 47.0 Å². The van der Waals surface area contributed by atoms with Crippen LogP contribution in [0.25, 0.3) is 10.9 Å². The molecule has 1 fully saturated rings. The van der Waals surface area contributed by atoms with Crippen molar-refractivity contribution in [1.29, 1.82) is 0 Å². The van der Waals surface area contributed by atoms with E-state index < -0.39 is 0 Å². The lowest BCUT2D eigenvalue weighted by Gasteiger charge is -2.28. The van der Waals surface area contributed by atoms with Gasteiger partial charge in [-0.3, -0.25) is 19.4 Å². The van der Waals surface area contributed by atoms with Gasteiger partial charge < -0.3 is 4.90 Å². The van der Waals surface area contributed by atoms with Crippen LogP contribution in [0, 0.1) is 0 Å². The summed E-state index contributed by atoms with van der Waals surface area (Å²) in [6.45, 7) is 4.62. The summed E-state index contributed by atoms with van der Waals surface area (Å²) in [5.74, 6) is 0.0530. The van der Waals surface area contributed by atoms with Gasteiger partial charge in [-0.2, -0.15) is 5.10 Å². The summed E-state index contributed by atoms with van der Waals surface area (Å²) >= 11 is 0. The molecule has 1 amide bonds. The molecule has 144 valence electrons. The zero-order valence-corrected chi connectivity index (χ0v) is 16.3. The number of aryl methyl sites for hydroxylation is 1. The number of hydrogen-bond donors (Lipinski definition) is 0. The number of fused-ring (bicyclic) bond motifs is 2. The molecule has 1 aromatic carbocycles. The second-order valence-corrected chi connectivity index (χ2v) is 7.84. The van der Waals surface area contributed by atoms with Gasteiger partial charge in [0.25, 0.3) is 5.91 Å². The summed E-state index contributed by atoms with van der Waals surface area (Å²) < 4.78 is 1.97. The standard InChI is InChI=1S/C22H25N5O/c1-25-20-15-27(13-9-17(20)19(24-25)14-26-11-2-3-12-26)22(28)18-8-4-6-16-7-5-10-23-21(16)18/h4-8,10H,2-3,9,11-15H2,1H3. The topological polar surface area (TPSA) is 54.3 Å². The predicted octanol–water partition coefficient (Wildman–Crippen LogP) is 2.76. The number of rotatable bonds is 3. The van der Waals surface area contributed by atoms with Crippen LogP contribution >= 0.6 is 0 Å². The molecule has 6 nitrogen and oxygen atoms in total. The summed E-state index contributed by atoms with van der Waals surface area (Å²) in [5.41, 5.74) is 5.16. The highest BCUT2D eigenvalue weighted by Gasteiger charge is 2.28. The molecule has 0 bridgehead atoms. The SMILES string of the molecule is Cn1nc(CN2CCCC2)c2c1CN(C(=O)c1cccc3cccnc13)CC2. The molecule has 0 unspecified atom stereocenters. The molecule has 6 heteroatoms. The van der Waals surface area contributed by atoms with Crippen LogP contribution in [0.1, 0.15) is 40.2 Å². The first kappa shape index (κ1) is 17.4. The largest absolute Gasteiger partial charge is 0.332 e. The minimum Gasteiger partial charge on any atom is -0.332 e. The molecule has 5 rings (SSSR count). The van der Waals surface area contributed by atoms with E-state index in [-0.39, 0.29) is 5.91 Å². The van der Waals surface area contributed by atoms with E-state index in [0.717, 1.165) is 30.4 Å². The van der Waals surface area contributed by atoms with Crippen molar-refractivity contribution in [2.75, 3.05) is 19.6 Å². The number of carbonyl (C=O) groups is 1. The Morgan fingerprint density at radius 2 is 1.93 bits per heavy atom. The van der Waals surface area contributed by atoms with Gasteiger partial charge in [0.2, 0.25) is 0 Å². The van der Waals surface area contributed by atoms with Gasteiger partial charge in [0.05, 0.1) is 29.0 Å². The van der Waals surface area contributed by atoms with Crippen LogP contribution in [0.15, 0.2) is 36.5 Å². The Morgan fingerprint density at radius 1 is 1.11 bits per heavy atom. The van der Waals surface area contributed by atoms with E-state index in [0.29, 0.717) is 12.1 Å². The summed E-state index contributed by atoms with van der Waals surface area (Å²) in [7, 11) is 2.00. The Hall–Kier alpha value is -2.73. The molecule has 0 spiro atoms. The number of pyridine rings is 1. The second-order valence-electron chi connectivity index (χ2n) is 7.84. The smallest absolute Gasteiger partial charge is 0.256 e. The molecular weight excluding hydrogens is 350 g/mol. The fraction of sp³-hybridized carbons (Fsp3) is 0.409. The van der Waals surface area contributed by atoms with Crippen molar-refractivity contribution >= 4 is 16.8 Å². The van der Waals surface area contributed by atoms with E-state index >= 15 is 0 Å². The molecule has 1 saturated heterocycles. The van der Waals surface area contributed by atoms with E-state index in [1.165, 1.54) is 42.9 Å². The first-order valence-electron chi connectivity index (χ1n) is 10.1. The van der Waals surface area contributed by atoms with Crippen LogP contribution in [-0.4, -0.2) is 50.1 Å². The van der Waals surface area contributed by atoms with Crippen molar-refractivity contribution in [3.8, 4) is 0 Å². The number of aromatic nitrogens is 3. The molecule has 0 saturated carbocycles. The third kappa shape index (κ3) is 2.98. The maximum atomic E-state index is 13.3. The fourth-order valence-electron chi connectivity index (χ4n) is 4.56. The normalized spacial score (nSPS) is 17.2.